The number of aromatic nitrogens is 2. The van der Waals surface area contributed by atoms with Crippen molar-refractivity contribution in [1.82, 2.24) is 9.97 Å². The summed E-state index contributed by atoms with van der Waals surface area (Å²) < 4.78 is 0. The van der Waals surface area contributed by atoms with Gasteiger partial charge in [-0.3, -0.25) is 0 Å². The Balaban J connectivity index is 2.28. The van der Waals surface area contributed by atoms with Crippen molar-refractivity contribution in [3.05, 3.63) is 47.9 Å². The standard InChI is InChI=1S/C12H13N3S/c1-9-2-3-11(10(6-9)7-13)16-12-4-5-14-8-15-12/h2-6,8H,7,13H2,1H3. The van der Waals surface area contributed by atoms with Crippen molar-refractivity contribution < 1.29 is 0 Å². The third-order valence-corrected chi connectivity index (χ3v) is 3.27. The fourth-order valence-electron chi connectivity index (χ4n) is 1.42. The number of hydrogen-bond acceptors (Lipinski definition) is 4. The molecule has 82 valence electrons. The van der Waals surface area contributed by atoms with Crippen LogP contribution < -0.4 is 5.73 Å². The Morgan fingerprint density at radius 2 is 2.19 bits per heavy atom. The molecule has 1 aromatic carbocycles. The van der Waals surface area contributed by atoms with Crippen LogP contribution in [-0.4, -0.2) is 9.97 Å². The Labute approximate surface area is 99.1 Å². The molecule has 2 rings (SSSR count). The molecule has 0 spiro atoms. The minimum atomic E-state index is 0.551. The van der Waals surface area contributed by atoms with Crippen LogP contribution in [0.15, 0.2) is 46.7 Å². The molecule has 1 heterocycles. The molecule has 0 atom stereocenters. The predicted molar refractivity (Wildman–Crippen MR) is 65.2 cm³/mol. The van der Waals surface area contributed by atoms with E-state index in [2.05, 4.69) is 35.1 Å². The summed E-state index contributed by atoms with van der Waals surface area (Å²) in [5.74, 6) is 0. The van der Waals surface area contributed by atoms with Crippen LogP contribution in [0, 0.1) is 6.92 Å². The second-order valence-corrected chi connectivity index (χ2v) is 4.53. The first kappa shape index (κ1) is 11.1. The van der Waals surface area contributed by atoms with E-state index in [9.17, 15) is 0 Å². The smallest absolute Gasteiger partial charge is 0.116 e. The molecule has 1 aromatic heterocycles. The lowest BCUT2D eigenvalue weighted by Gasteiger charge is -2.07. The van der Waals surface area contributed by atoms with Crippen LogP contribution in [0.3, 0.4) is 0 Å². The van der Waals surface area contributed by atoms with Crippen LogP contribution in [0.5, 0.6) is 0 Å². The van der Waals surface area contributed by atoms with Gasteiger partial charge in [0.05, 0.1) is 0 Å². The predicted octanol–water partition coefficient (Wildman–Crippen LogP) is 2.39. The number of rotatable bonds is 3. The SMILES string of the molecule is Cc1ccc(Sc2ccncn2)c(CN)c1. The molecule has 16 heavy (non-hydrogen) atoms. The van der Waals surface area contributed by atoms with E-state index in [0.717, 1.165) is 15.5 Å². The van der Waals surface area contributed by atoms with Crippen molar-refractivity contribution in [1.29, 1.82) is 0 Å². The maximum absolute atomic E-state index is 5.73. The zero-order valence-electron chi connectivity index (χ0n) is 9.05. The van der Waals surface area contributed by atoms with Gasteiger partial charge >= 0.3 is 0 Å². The number of nitrogens with zero attached hydrogens (tertiary/aromatic N) is 2. The molecule has 0 aliphatic rings. The summed E-state index contributed by atoms with van der Waals surface area (Å²) in [6.45, 7) is 2.62. The summed E-state index contributed by atoms with van der Waals surface area (Å²) >= 11 is 1.62. The van der Waals surface area contributed by atoms with E-state index in [1.54, 1.807) is 24.3 Å². The Morgan fingerprint density at radius 3 is 2.88 bits per heavy atom. The maximum atomic E-state index is 5.73. The Bertz CT molecular complexity index is 471. The van der Waals surface area contributed by atoms with Crippen molar-refractivity contribution >= 4 is 11.8 Å². The fourth-order valence-corrected chi connectivity index (χ4v) is 2.28. The molecule has 2 aromatic rings. The highest BCUT2D eigenvalue weighted by molar-refractivity contribution is 7.99. The molecule has 4 heteroatoms. The Morgan fingerprint density at radius 1 is 1.31 bits per heavy atom. The molecular weight excluding hydrogens is 218 g/mol. The molecule has 0 saturated heterocycles. The lowest BCUT2D eigenvalue weighted by atomic mass is 10.1. The quantitative estimate of drug-likeness (QED) is 0.824. The molecule has 0 aliphatic heterocycles. The largest absolute Gasteiger partial charge is 0.326 e. The van der Waals surface area contributed by atoms with E-state index < -0.39 is 0 Å². The molecule has 0 fully saturated rings. The van der Waals surface area contributed by atoms with Crippen LogP contribution in [0.25, 0.3) is 0 Å². The van der Waals surface area contributed by atoms with E-state index >= 15 is 0 Å². The minimum absolute atomic E-state index is 0.551. The highest BCUT2D eigenvalue weighted by Crippen LogP contribution is 2.29. The summed E-state index contributed by atoms with van der Waals surface area (Å²) in [5.41, 5.74) is 8.11. The first-order valence-electron chi connectivity index (χ1n) is 5.03. The van der Waals surface area contributed by atoms with Gasteiger partial charge in [0.15, 0.2) is 0 Å². The number of nitrogens with two attached hydrogens (primary N) is 1. The molecule has 0 amide bonds. The van der Waals surface area contributed by atoms with Gasteiger partial charge in [0, 0.05) is 17.6 Å². The highest BCUT2D eigenvalue weighted by Gasteiger charge is 2.04. The van der Waals surface area contributed by atoms with Crippen LogP contribution >= 0.6 is 11.8 Å². The van der Waals surface area contributed by atoms with Gasteiger partial charge in [-0.25, -0.2) is 9.97 Å². The van der Waals surface area contributed by atoms with Gasteiger partial charge in [-0.2, -0.15) is 0 Å². The van der Waals surface area contributed by atoms with Crippen LogP contribution in [0.2, 0.25) is 0 Å². The van der Waals surface area contributed by atoms with E-state index in [1.165, 1.54) is 5.56 Å². The number of hydrogen-bond donors (Lipinski definition) is 1. The Kier molecular flexibility index (Phi) is 3.54. The molecule has 3 nitrogen and oxygen atoms in total. The molecule has 0 aliphatic carbocycles. The number of aryl methyl sites for hydroxylation is 1. The van der Waals surface area contributed by atoms with Crippen molar-refractivity contribution in [2.75, 3.05) is 0 Å². The second-order valence-electron chi connectivity index (χ2n) is 3.46. The van der Waals surface area contributed by atoms with Gasteiger partial charge in [0.1, 0.15) is 11.4 Å². The summed E-state index contributed by atoms with van der Waals surface area (Å²) in [6, 6.07) is 8.18. The third kappa shape index (κ3) is 2.59. The molecule has 0 bridgehead atoms. The topological polar surface area (TPSA) is 51.8 Å². The summed E-state index contributed by atoms with van der Waals surface area (Å²) in [5, 5.41) is 0.938. The monoisotopic (exact) mass is 231 g/mol. The lowest BCUT2D eigenvalue weighted by molar-refractivity contribution is 1.01. The van der Waals surface area contributed by atoms with Crippen molar-refractivity contribution in [2.24, 2.45) is 5.73 Å². The van der Waals surface area contributed by atoms with Gasteiger partial charge in [-0.1, -0.05) is 29.5 Å². The first-order valence-corrected chi connectivity index (χ1v) is 5.84. The maximum Gasteiger partial charge on any atom is 0.116 e. The van der Waals surface area contributed by atoms with E-state index in [-0.39, 0.29) is 0 Å². The minimum Gasteiger partial charge on any atom is -0.326 e. The fraction of sp³-hybridized carbons (Fsp3) is 0.167. The molecule has 0 unspecified atom stereocenters. The summed E-state index contributed by atoms with van der Waals surface area (Å²) in [4.78, 5) is 9.24. The zero-order chi connectivity index (χ0) is 11.4. The van der Waals surface area contributed by atoms with E-state index in [1.807, 2.05) is 6.07 Å². The zero-order valence-corrected chi connectivity index (χ0v) is 9.87. The average molecular weight is 231 g/mol. The van der Waals surface area contributed by atoms with Crippen LogP contribution in [0.1, 0.15) is 11.1 Å². The summed E-state index contributed by atoms with van der Waals surface area (Å²) in [7, 11) is 0. The molecule has 0 saturated carbocycles. The van der Waals surface area contributed by atoms with Crippen LogP contribution in [0.4, 0.5) is 0 Å². The van der Waals surface area contributed by atoms with Gasteiger partial charge in [-0.15, -0.1) is 0 Å². The molecule has 2 N–H and O–H groups in total. The summed E-state index contributed by atoms with van der Waals surface area (Å²) in [6.07, 6.45) is 3.30. The van der Waals surface area contributed by atoms with Gasteiger partial charge < -0.3 is 5.73 Å². The van der Waals surface area contributed by atoms with Crippen LogP contribution in [-0.2, 0) is 6.54 Å². The van der Waals surface area contributed by atoms with Crippen molar-refractivity contribution in [3.63, 3.8) is 0 Å². The number of benzene rings is 1. The van der Waals surface area contributed by atoms with Crippen molar-refractivity contribution in [3.8, 4) is 0 Å². The van der Waals surface area contributed by atoms with Gasteiger partial charge in [0.2, 0.25) is 0 Å². The first-order chi connectivity index (χ1) is 7.79. The van der Waals surface area contributed by atoms with E-state index in [0.29, 0.717) is 6.54 Å². The van der Waals surface area contributed by atoms with Gasteiger partial charge in [0.25, 0.3) is 0 Å². The normalized spacial score (nSPS) is 10.4. The van der Waals surface area contributed by atoms with E-state index in [4.69, 9.17) is 5.73 Å². The van der Waals surface area contributed by atoms with Gasteiger partial charge in [-0.05, 0) is 24.6 Å². The highest BCUT2D eigenvalue weighted by atomic mass is 32.2. The molecular formula is C12H13N3S. The lowest BCUT2D eigenvalue weighted by Crippen LogP contribution is -1.98. The van der Waals surface area contributed by atoms with Crippen molar-refractivity contribution in [2.45, 2.75) is 23.4 Å². The molecule has 0 radical (unpaired) electrons. The second kappa shape index (κ2) is 5.09. The Hall–Kier alpha value is -1.39. The average Bonchev–Trinajstić information content (AvgIpc) is 2.33. The third-order valence-electron chi connectivity index (χ3n) is 2.21.